The van der Waals surface area contributed by atoms with Crippen LogP contribution < -0.4 is 15.3 Å². The van der Waals surface area contributed by atoms with Gasteiger partial charge < -0.3 is 4.74 Å². The van der Waals surface area contributed by atoms with E-state index >= 15 is 0 Å². The van der Waals surface area contributed by atoms with Crippen LogP contribution in [0.15, 0.2) is 60.7 Å². The Morgan fingerprint density at radius 3 is 2.32 bits per heavy atom. The molecule has 146 valence electrons. The minimum Gasteiger partial charge on any atom is -0.488 e. The second-order valence-corrected chi connectivity index (χ2v) is 11.5. The third kappa shape index (κ3) is 5.44. The van der Waals surface area contributed by atoms with Crippen molar-refractivity contribution in [3.8, 4) is 5.75 Å². The summed E-state index contributed by atoms with van der Waals surface area (Å²) in [5.41, 5.74) is 6.62. The van der Waals surface area contributed by atoms with Gasteiger partial charge in [0.05, 0.1) is 0 Å². The Bertz CT molecular complexity index is 933. The van der Waals surface area contributed by atoms with Crippen LogP contribution >= 0.6 is 16.5 Å². The van der Waals surface area contributed by atoms with Gasteiger partial charge in [-0.1, -0.05) is 63.2 Å². The number of ether oxygens (including phenoxy) is 1. The van der Waals surface area contributed by atoms with Gasteiger partial charge in [-0.05, 0) is 79.5 Å². The molecule has 3 heteroatoms. The van der Waals surface area contributed by atoms with Gasteiger partial charge in [0, 0.05) is 5.30 Å². The van der Waals surface area contributed by atoms with Gasteiger partial charge >= 0.3 is 0 Å². The van der Waals surface area contributed by atoms with Crippen molar-refractivity contribution < 1.29 is 4.74 Å². The molecule has 0 radical (unpaired) electrons. The third-order valence-electron chi connectivity index (χ3n) is 4.75. The van der Waals surface area contributed by atoms with Crippen molar-refractivity contribution in [3.05, 3.63) is 88.5 Å². The van der Waals surface area contributed by atoms with Crippen molar-refractivity contribution >= 4 is 27.1 Å². The summed E-state index contributed by atoms with van der Waals surface area (Å²) in [5, 5.41) is 2.81. The molecule has 3 aromatic rings. The fourth-order valence-corrected chi connectivity index (χ4v) is 6.14. The fourth-order valence-electron chi connectivity index (χ4n) is 3.48. The van der Waals surface area contributed by atoms with Crippen LogP contribution in [0.25, 0.3) is 0 Å². The van der Waals surface area contributed by atoms with Crippen LogP contribution in [0.4, 0.5) is 0 Å². The first-order chi connectivity index (χ1) is 13.4. The Labute approximate surface area is 173 Å². The van der Waals surface area contributed by atoms with E-state index in [9.17, 15) is 0 Å². The maximum atomic E-state index is 6.35. The molecule has 0 aliphatic rings. The Morgan fingerprint density at radius 1 is 0.857 bits per heavy atom. The lowest BCUT2D eigenvalue weighted by molar-refractivity contribution is 0.307. The normalized spacial score (nSPS) is 11.5. The smallest absolute Gasteiger partial charge is 0.130 e. The standard InChI is InChI=1S/C25H30OP2/c1-18-14-20(3)24(26-16-21-11-7-6-8-12-21)23(15-18)27-25-19(2)10-9-13-22(25)17-28(4)5/h6-15,27H,16-17H2,1-5H3. The Kier molecular flexibility index (Phi) is 7.28. The van der Waals surface area contributed by atoms with Crippen LogP contribution in [0.1, 0.15) is 27.8 Å². The predicted octanol–water partition coefficient (Wildman–Crippen LogP) is 6.06. The number of hydrogen-bond acceptors (Lipinski definition) is 1. The Hall–Kier alpha value is -1.68. The van der Waals surface area contributed by atoms with Gasteiger partial charge in [0.25, 0.3) is 0 Å². The highest BCUT2D eigenvalue weighted by molar-refractivity contribution is 7.57. The van der Waals surface area contributed by atoms with Crippen LogP contribution in [-0.2, 0) is 12.8 Å². The van der Waals surface area contributed by atoms with Crippen LogP contribution in [-0.4, -0.2) is 13.3 Å². The molecule has 0 heterocycles. The molecule has 1 unspecified atom stereocenters. The fraction of sp³-hybridized carbons (Fsp3) is 0.280. The molecule has 0 aliphatic heterocycles. The zero-order valence-electron chi connectivity index (χ0n) is 17.5. The molecule has 28 heavy (non-hydrogen) atoms. The second kappa shape index (κ2) is 9.69. The molecule has 0 N–H and O–H groups in total. The van der Waals surface area contributed by atoms with Crippen LogP contribution in [0.5, 0.6) is 5.75 Å². The van der Waals surface area contributed by atoms with Crippen molar-refractivity contribution in [1.29, 1.82) is 0 Å². The van der Waals surface area contributed by atoms with Crippen LogP contribution in [0, 0.1) is 20.8 Å². The van der Waals surface area contributed by atoms with Gasteiger partial charge in [-0.2, -0.15) is 0 Å². The Balaban J connectivity index is 1.94. The summed E-state index contributed by atoms with van der Waals surface area (Å²) >= 11 is 0. The summed E-state index contributed by atoms with van der Waals surface area (Å²) in [6, 6.07) is 21.7. The van der Waals surface area contributed by atoms with E-state index < -0.39 is 0 Å². The van der Waals surface area contributed by atoms with E-state index in [-0.39, 0.29) is 7.92 Å². The molecule has 0 spiro atoms. The highest BCUT2D eigenvalue weighted by atomic mass is 31.1. The summed E-state index contributed by atoms with van der Waals surface area (Å²) in [7, 11) is 0.655. The highest BCUT2D eigenvalue weighted by Gasteiger charge is 2.14. The average Bonchev–Trinajstić information content (AvgIpc) is 2.64. The summed E-state index contributed by atoms with van der Waals surface area (Å²) in [6.07, 6.45) is 1.18. The van der Waals surface area contributed by atoms with E-state index in [1.807, 2.05) is 6.07 Å². The van der Waals surface area contributed by atoms with E-state index in [0.29, 0.717) is 15.2 Å². The number of hydrogen-bond donors (Lipinski definition) is 0. The highest BCUT2D eigenvalue weighted by Crippen LogP contribution is 2.33. The minimum atomic E-state index is 0.0361. The van der Waals surface area contributed by atoms with Gasteiger partial charge in [0.1, 0.15) is 12.4 Å². The molecule has 3 aromatic carbocycles. The maximum absolute atomic E-state index is 6.35. The first kappa shape index (κ1) is 21.0. The number of benzene rings is 3. The molecule has 1 nitrogen and oxygen atoms in total. The topological polar surface area (TPSA) is 9.23 Å². The minimum absolute atomic E-state index is 0.0361. The lowest BCUT2D eigenvalue weighted by atomic mass is 10.1. The largest absolute Gasteiger partial charge is 0.488 e. The second-order valence-electron chi connectivity index (χ2n) is 7.70. The lowest BCUT2D eigenvalue weighted by Gasteiger charge is -2.19. The zero-order chi connectivity index (χ0) is 20.1. The first-order valence-corrected chi connectivity index (χ1v) is 13.1. The first-order valence-electron chi connectivity index (χ1n) is 9.72. The van der Waals surface area contributed by atoms with Crippen molar-refractivity contribution in [2.24, 2.45) is 0 Å². The number of aryl methyl sites for hydroxylation is 3. The Morgan fingerprint density at radius 2 is 1.61 bits per heavy atom. The SMILES string of the molecule is Cc1cc(C)c(OCc2ccccc2)c(Pc2c(C)cccc2CP(C)C)c1. The number of rotatable bonds is 7. The van der Waals surface area contributed by atoms with E-state index in [2.05, 4.69) is 88.7 Å². The zero-order valence-corrected chi connectivity index (χ0v) is 19.4. The molecule has 0 saturated carbocycles. The van der Waals surface area contributed by atoms with E-state index in [1.54, 1.807) is 0 Å². The van der Waals surface area contributed by atoms with Crippen LogP contribution in [0.3, 0.4) is 0 Å². The van der Waals surface area contributed by atoms with Gasteiger partial charge in [0.15, 0.2) is 0 Å². The summed E-state index contributed by atoms with van der Waals surface area (Å²) in [6.45, 7) is 11.9. The van der Waals surface area contributed by atoms with Gasteiger partial charge in [-0.25, -0.2) is 0 Å². The molecule has 0 bridgehead atoms. The van der Waals surface area contributed by atoms with E-state index in [0.717, 1.165) is 5.75 Å². The van der Waals surface area contributed by atoms with Crippen molar-refractivity contribution in [1.82, 2.24) is 0 Å². The molecule has 0 amide bonds. The lowest BCUT2D eigenvalue weighted by Crippen LogP contribution is -2.15. The molecular weight excluding hydrogens is 378 g/mol. The molecule has 0 aliphatic carbocycles. The average molecular weight is 408 g/mol. The maximum Gasteiger partial charge on any atom is 0.130 e. The van der Waals surface area contributed by atoms with Gasteiger partial charge in [-0.15, -0.1) is 7.92 Å². The summed E-state index contributed by atoms with van der Waals surface area (Å²) < 4.78 is 6.35. The monoisotopic (exact) mass is 408 g/mol. The molecule has 0 saturated heterocycles. The predicted molar refractivity (Wildman–Crippen MR) is 128 cm³/mol. The van der Waals surface area contributed by atoms with Crippen LogP contribution in [0.2, 0.25) is 0 Å². The molecular formula is C25H30OP2. The molecule has 0 fully saturated rings. The molecule has 1 atom stereocenters. The molecule has 3 rings (SSSR count). The van der Waals surface area contributed by atoms with Crippen molar-refractivity contribution in [3.63, 3.8) is 0 Å². The van der Waals surface area contributed by atoms with E-state index in [4.69, 9.17) is 4.74 Å². The summed E-state index contributed by atoms with van der Waals surface area (Å²) in [5.74, 6) is 1.05. The quantitative estimate of drug-likeness (QED) is 0.432. The van der Waals surface area contributed by atoms with Crippen molar-refractivity contribution in [2.45, 2.75) is 33.5 Å². The molecule has 0 aromatic heterocycles. The third-order valence-corrected chi connectivity index (χ3v) is 7.33. The van der Waals surface area contributed by atoms with E-state index in [1.165, 1.54) is 44.6 Å². The van der Waals surface area contributed by atoms with Gasteiger partial charge in [0.2, 0.25) is 0 Å². The summed E-state index contributed by atoms with van der Waals surface area (Å²) in [4.78, 5) is 0. The van der Waals surface area contributed by atoms with Gasteiger partial charge in [-0.3, -0.25) is 0 Å². The van der Waals surface area contributed by atoms with Crippen molar-refractivity contribution in [2.75, 3.05) is 13.3 Å².